The molecule has 33 heavy (non-hydrogen) atoms. The van der Waals surface area contributed by atoms with Gasteiger partial charge < -0.3 is 24.4 Å². The molecule has 0 radical (unpaired) electrons. The van der Waals surface area contributed by atoms with Crippen molar-refractivity contribution in [2.75, 3.05) is 7.11 Å². The molecule has 0 aromatic rings. The number of aliphatic hydroxyl groups excluding tert-OH is 1. The van der Waals surface area contributed by atoms with Gasteiger partial charge in [0.1, 0.15) is 6.10 Å². The molecule has 6 nitrogen and oxygen atoms in total. The average Bonchev–Trinajstić information content (AvgIpc) is 3.44. The summed E-state index contributed by atoms with van der Waals surface area (Å²) in [5.74, 6) is 3.60. The van der Waals surface area contributed by atoms with Gasteiger partial charge >= 0.3 is 5.97 Å². The normalized spacial score (nSPS) is 43.6. The zero-order valence-electron chi connectivity index (χ0n) is 19.7. The Balaban J connectivity index is 1.79. The lowest BCUT2D eigenvalue weighted by atomic mass is 9.80. The molecule has 1 aliphatic carbocycles. The van der Waals surface area contributed by atoms with E-state index in [4.69, 9.17) is 25.8 Å². The van der Waals surface area contributed by atoms with Gasteiger partial charge in [-0.05, 0) is 25.5 Å². The first-order valence-corrected chi connectivity index (χ1v) is 12.0. The Morgan fingerprint density at radius 1 is 1.30 bits per heavy atom. The van der Waals surface area contributed by atoms with Crippen LogP contribution in [0.3, 0.4) is 0 Å². The van der Waals surface area contributed by atoms with Crippen LogP contribution in [0.5, 0.6) is 0 Å². The topological polar surface area (TPSA) is 85.2 Å². The van der Waals surface area contributed by atoms with Crippen molar-refractivity contribution in [1.29, 1.82) is 0 Å². The number of halogens is 1. The Hall–Kier alpha value is -1.62. The second-order valence-electron chi connectivity index (χ2n) is 9.53. The van der Waals surface area contributed by atoms with Crippen molar-refractivity contribution in [1.82, 2.24) is 0 Å². The summed E-state index contributed by atoms with van der Waals surface area (Å²) in [5.41, 5.74) is 1.00. The van der Waals surface area contributed by atoms with Crippen LogP contribution in [-0.2, 0) is 19.0 Å². The van der Waals surface area contributed by atoms with Crippen molar-refractivity contribution in [2.45, 2.75) is 82.0 Å². The third kappa shape index (κ3) is 7.18. The smallest absolute Gasteiger partial charge is 0.311 e. The van der Waals surface area contributed by atoms with Crippen molar-refractivity contribution in [3.05, 3.63) is 36.0 Å². The number of cyclic esters (lactones) is 1. The van der Waals surface area contributed by atoms with Crippen LogP contribution < -0.4 is 0 Å². The number of carbonyl (C=O) groups is 1. The van der Waals surface area contributed by atoms with Gasteiger partial charge in [0, 0.05) is 43.1 Å². The zero-order valence-corrected chi connectivity index (χ0v) is 20.5. The van der Waals surface area contributed by atoms with Crippen molar-refractivity contribution < 1.29 is 29.2 Å². The van der Waals surface area contributed by atoms with E-state index in [0.717, 1.165) is 12.0 Å². The maximum absolute atomic E-state index is 12.7. The van der Waals surface area contributed by atoms with Crippen molar-refractivity contribution in [2.24, 2.45) is 17.8 Å². The summed E-state index contributed by atoms with van der Waals surface area (Å²) in [6, 6.07) is 0. The molecule has 2 N–H and O–H groups in total. The third-order valence-electron chi connectivity index (χ3n) is 6.59. The molecule has 7 heteroatoms. The predicted octanol–water partition coefficient (Wildman–Crippen LogP) is 3.51. The van der Waals surface area contributed by atoms with Crippen molar-refractivity contribution >= 4 is 17.6 Å². The highest BCUT2D eigenvalue weighted by molar-refractivity contribution is 6.22. The van der Waals surface area contributed by atoms with Gasteiger partial charge in [0.2, 0.25) is 0 Å². The molecule has 0 amide bonds. The van der Waals surface area contributed by atoms with Crippen molar-refractivity contribution in [3.8, 4) is 11.8 Å². The number of fused-ring (bicyclic) bond motifs is 2. The molecular formula is C26H35ClO6. The maximum Gasteiger partial charge on any atom is 0.311 e. The van der Waals surface area contributed by atoms with Crippen LogP contribution in [0.4, 0.5) is 0 Å². The Morgan fingerprint density at radius 2 is 2.03 bits per heavy atom. The number of carbonyl (C=O) groups excluding carboxylic acids is 1. The standard InChI is InChI=1S/C26H35ClO6/c1-16-11-20(10-8-6-5-7-9-19-13-21(19)27)32-24(29)15-26(30)14-22(28)17(2)25(33-26)18(3)23(12-16)31-4/h5-6,8,10,12,17-23,25,28,30H,11,13-15H2,1-4H3/b6-5+,10-8+,16-12+/t17-,18-,19+,20+,21+,22+,23-,25-,26+/m0/s1. The minimum Gasteiger partial charge on any atom is -0.458 e. The summed E-state index contributed by atoms with van der Waals surface area (Å²) in [6.07, 6.45) is 8.04. The van der Waals surface area contributed by atoms with E-state index in [-0.39, 0.29) is 42.1 Å². The molecule has 3 rings (SSSR count). The molecule has 0 aromatic carbocycles. The van der Waals surface area contributed by atoms with E-state index in [9.17, 15) is 15.0 Å². The predicted molar refractivity (Wildman–Crippen MR) is 126 cm³/mol. The lowest BCUT2D eigenvalue weighted by Crippen LogP contribution is -2.55. The second-order valence-corrected chi connectivity index (χ2v) is 10.1. The average molecular weight is 479 g/mol. The first-order valence-electron chi connectivity index (χ1n) is 11.6. The minimum absolute atomic E-state index is 0.0505. The number of methoxy groups -OCH3 is 1. The quantitative estimate of drug-likeness (QED) is 0.212. The second kappa shape index (κ2) is 11.2. The number of ether oxygens (including phenoxy) is 3. The molecule has 2 fully saturated rings. The van der Waals surface area contributed by atoms with Gasteiger partial charge in [-0.1, -0.05) is 49.5 Å². The summed E-state index contributed by atoms with van der Waals surface area (Å²) >= 11 is 5.94. The SMILES string of the molecule is CO[C@H]1/C=C(\C)C[C@@H](/C=C/C=C/C#C[C@@H]2C[C@H]2Cl)OC(=O)C[C@@]2(O)C[C@@H](O)[C@H](C)[C@H](O2)[C@H]1C. The Labute approximate surface area is 201 Å². The Kier molecular flexibility index (Phi) is 8.82. The highest BCUT2D eigenvalue weighted by Crippen LogP contribution is 2.39. The molecule has 1 saturated heterocycles. The Morgan fingerprint density at radius 3 is 2.70 bits per heavy atom. The van der Waals surface area contributed by atoms with E-state index in [1.54, 1.807) is 31.4 Å². The summed E-state index contributed by atoms with van der Waals surface area (Å²) in [6.45, 7) is 5.82. The molecule has 1 saturated carbocycles. The maximum atomic E-state index is 12.7. The zero-order chi connectivity index (χ0) is 24.2. The van der Waals surface area contributed by atoms with Crippen LogP contribution in [0.15, 0.2) is 36.0 Å². The number of esters is 1. The highest BCUT2D eigenvalue weighted by Gasteiger charge is 2.48. The van der Waals surface area contributed by atoms with Gasteiger partial charge in [-0.3, -0.25) is 4.79 Å². The first kappa shape index (κ1) is 26.0. The van der Waals surface area contributed by atoms with Gasteiger partial charge in [0.25, 0.3) is 0 Å². The van der Waals surface area contributed by atoms with Gasteiger partial charge in [-0.15, -0.1) is 11.6 Å². The van der Waals surface area contributed by atoms with Crippen LogP contribution >= 0.6 is 11.6 Å². The summed E-state index contributed by atoms with van der Waals surface area (Å²) in [7, 11) is 1.63. The molecule has 9 atom stereocenters. The number of rotatable bonds is 3. The Bertz CT molecular complexity index is 855. The van der Waals surface area contributed by atoms with Crippen LogP contribution in [0.2, 0.25) is 0 Å². The van der Waals surface area contributed by atoms with E-state index in [2.05, 4.69) is 11.8 Å². The molecular weight excluding hydrogens is 444 g/mol. The summed E-state index contributed by atoms with van der Waals surface area (Å²) in [5, 5.41) is 21.8. The monoisotopic (exact) mass is 478 g/mol. The van der Waals surface area contributed by atoms with Gasteiger partial charge in [0.05, 0.1) is 24.7 Å². The van der Waals surface area contributed by atoms with Crippen LogP contribution in [-0.4, -0.2) is 58.9 Å². The van der Waals surface area contributed by atoms with E-state index in [0.29, 0.717) is 6.42 Å². The highest BCUT2D eigenvalue weighted by atomic mass is 35.5. The largest absolute Gasteiger partial charge is 0.458 e. The number of hydrogen-bond acceptors (Lipinski definition) is 6. The van der Waals surface area contributed by atoms with E-state index in [1.165, 1.54) is 0 Å². The molecule has 3 aliphatic rings. The molecule has 0 spiro atoms. The number of allylic oxidation sites excluding steroid dienone is 3. The lowest BCUT2D eigenvalue weighted by Gasteiger charge is -2.46. The lowest BCUT2D eigenvalue weighted by molar-refractivity contribution is -0.301. The molecule has 2 bridgehead atoms. The fraction of sp³-hybridized carbons (Fsp3) is 0.654. The number of aliphatic hydroxyl groups is 2. The molecule has 182 valence electrons. The van der Waals surface area contributed by atoms with Gasteiger partial charge in [0.15, 0.2) is 5.79 Å². The summed E-state index contributed by atoms with van der Waals surface area (Å²) in [4.78, 5) is 12.7. The molecule has 2 aliphatic heterocycles. The number of alkyl halides is 1. The van der Waals surface area contributed by atoms with Gasteiger partial charge in [-0.2, -0.15) is 0 Å². The van der Waals surface area contributed by atoms with E-state index in [1.807, 2.05) is 26.8 Å². The van der Waals surface area contributed by atoms with Crippen LogP contribution in [0, 0.1) is 29.6 Å². The molecule has 0 unspecified atom stereocenters. The third-order valence-corrected chi connectivity index (χ3v) is 7.07. The number of hydrogen-bond donors (Lipinski definition) is 2. The fourth-order valence-electron chi connectivity index (χ4n) is 4.47. The minimum atomic E-state index is -1.79. The van der Waals surface area contributed by atoms with E-state index < -0.39 is 30.1 Å². The van der Waals surface area contributed by atoms with Crippen molar-refractivity contribution in [3.63, 3.8) is 0 Å². The van der Waals surface area contributed by atoms with E-state index >= 15 is 0 Å². The van der Waals surface area contributed by atoms with Crippen LogP contribution in [0.25, 0.3) is 0 Å². The van der Waals surface area contributed by atoms with Gasteiger partial charge in [-0.25, -0.2) is 0 Å². The summed E-state index contributed by atoms with van der Waals surface area (Å²) < 4.78 is 17.4. The first-order chi connectivity index (χ1) is 15.6. The fourth-order valence-corrected chi connectivity index (χ4v) is 4.73. The molecule has 2 heterocycles. The van der Waals surface area contributed by atoms with Crippen LogP contribution in [0.1, 0.15) is 46.5 Å². The molecule has 0 aromatic heterocycles.